The Labute approximate surface area is 181 Å². The zero-order chi connectivity index (χ0) is 21.9. The zero-order valence-corrected chi connectivity index (χ0v) is 19.1. The Hall–Kier alpha value is -2.57. The molecule has 30 heavy (non-hydrogen) atoms. The average Bonchev–Trinajstić information content (AvgIpc) is 2.72. The lowest BCUT2D eigenvalue weighted by Crippen LogP contribution is -2.37. The predicted molar refractivity (Wildman–Crippen MR) is 123 cm³/mol. The molecular weight excluding hydrogens is 370 g/mol. The molecule has 0 amide bonds. The summed E-state index contributed by atoms with van der Waals surface area (Å²) in [4.78, 5) is 14.3. The van der Waals surface area contributed by atoms with Gasteiger partial charge in [-0.1, -0.05) is 31.8 Å². The lowest BCUT2D eigenvalue weighted by Gasteiger charge is -2.42. The van der Waals surface area contributed by atoms with E-state index >= 15 is 0 Å². The van der Waals surface area contributed by atoms with Crippen LogP contribution in [0.2, 0.25) is 0 Å². The van der Waals surface area contributed by atoms with Gasteiger partial charge in [0, 0.05) is 23.2 Å². The molecule has 3 nitrogen and oxygen atoms in total. The van der Waals surface area contributed by atoms with Crippen LogP contribution in [0.15, 0.2) is 42.5 Å². The van der Waals surface area contributed by atoms with Crippen molar-refractivity contribution in [3.8, 4) is 11.8 Å². The van der Waals surface area contributed by atoms with Gasteiger partial charge in [-0.05, 0) is 93.6 Å². The summed E-state index contributed by atoms with van der Waals surface area (Å²) in [5.74, 6) is 6.25. The molecule has 1 atom stereocenters. The van der Waals surface area contributed by atoms with Crippen LogP contribution < -0.4 is 0 Å². The Balaban J connectivity index is 1.87. The lowest BCUT2D eigenvalue weighted by molar-refractivity contribution is 0.0526. The summed E-state index contributed by atoms with van der Waals surface area (Å²) in [6, 6.07) is 14.9. The van der Waals surface area contributed by atoms with E-state index < -0.39 is 0 Å². The number of carbonyl (C=O) groups is 1. The van der Waals surface area contributed by atoms with Gasteiger partial charge in [0.05, 0.1) is 12.2 Å². The number of hydrogen-bond acceptors (Lipinski definition) is 3. The van der Waals surface area contributed by atoms with E-state index in [1.165, 1.54) is 24.0 Å². The first-order valence-corrected chi connectivity index (χ1v) is 10.9. The maximum Gasteiger partial charge on any atom is 0.338 e. The van der Waals surface area contributed by atoms with Gasteiger partial charge in [0.1, 0.15) is 0 Å². The summed E-state index contributed by atoms with van der Waals surface area (Å²) < 4.78 is 5.03. The number of benzene rings is 2. The lowest BCUT2D eigenvalue weighted by atomic mass is 9.70. The molecule has 3 rings (SSSR count). The molecule has 3 heteroatoms. The third-order valence-electron chi connectivity index (χ3n) is 6.24. The van der Waals surface area contributed by atoms with Crippen LogP contribution >= 0.6 is 0 Å². The van der Waals surface area contributed by atoms with Gasteiger partial charge in [-0.25, -0.2) is 4.79 Å². The van der Waals surface area contributed by atoms with Crippen molar-refractivity contribution >= 4 is 5.97 Å². The molecule has 1 unspecified atom stereocenters. The minimum atomic E-state index is -0.296. The minimum Gasteiger partial charge on any atom is -0.462 e. The molecule has 0 fully saturated rings. The van der Waals surface area contributed by atoms with Crippen molar-refractivity contribution in [2.75, 3.05) is 13.7 Å². The summed E-state index contributed by atoms with van der Waals surface area (Å²) >= 11 is 0. The quantitative estimate of drug-likeness (QED) is 0.483. The first-order valence-electron chi connectivity index (χ1n) is 10.9. The van der Waals surface area contributed by atoms with Gasteiger partial charge >= 0.3 is 5.97 Å². The molecule has 0 aliphatic heterocycles. The van der Waals surface area contributed by atoms with Gasteiger partial charge in [-0.15, -0.1) is 0 Å². The van der Waals surface area contributed by atoms with Crippen molar-refractivity contribution in [1.82, 2.24) is 4.90 Å². The SMILES string of the molecule is CCOC(=O)c1ccc(C#Cc2ccc3c(c2)C(C)(C)CCC3N(C)C(C)C)cc1. The highest BCUT2D eigenvalue weighted by Gasteiger charge is 2.34. The van der Waals surface area contributed by atoms with Gasteiger partial charge < -0.3 is 4.74 Å². The standard InChI is InChI=1S/C27H33NO2/c1-7-30-26(29)22-13-10-20(11-14-22)8-9-21-12-15-23-24(18-21)27(4,5)17-16-25(23)28(6)19(2)3/h10-15,18-19,25H,7,16-17H2,1-6H3. The van der Waals surface area contributed by atoms with E-state index in [4.69, 9.17) is 4.74 Å². The maximum atomic E-state index is 11.8. The van der Waals surface area contributed by atoms with Crippen LogP contribution in [-0.4, -0.2) is 30.6 Å². The minimum absolute atomic E-state index is 0.155. The number of rotatable bonds is 4. The molecule has 2 aromatic rings. The summed E-state index contributed by atoms with van der Waals surface area (Å²) in [6.45, 7) is 11.4. The molecule has 1 aliphatic rings. The molecule has 0 saturated heterocycles. The Kier molecular flexibility index (Phi) is 6.68. The van der Waals surface area contributed by atoms with Crippen molar-refractivity contribution in [3.63, 3.8) is 0 Å². The van der Waals surface area contributed by atoms with Crippen LogP contribution in [-0.2, 0) is 10.2 Å². The Morgan fingerprint density at radius 2 is 1.77 bits per heavy atom. The number of nitrogens with zero attached hydrogens (tertiary/aromatic N) is 1. The Bertz CT molecular complexity index is 961. The molecule has 0 saturated carbocycles. The van der Waals surface area contributed by atoms with Crippen molar-refractivity contribution < 1.29 is 9.53 Å². The fourth-order valence-corrected chi connectivity index (χ4v) is 4.13. The first kappa shape index (κ1) is 22.1. The monoisotopic (exact) mass is 403 g/mol. The highest BCUT2D eigenvalue weighted by molar-refractivity contribution is 5.89. The third kappa shape index (κ3) is 4.77. The molecule has 0 radical (unpaired) electrons. The van der Waals surface area contributed by atoms with Crippen LogP contribution in [0.4, 0.5) is 0 Å². The number of carbonyl (C=O) groups excluding carboxylic acids is 1. The molecule has 0 aromatic heterocycles. The fraction of sp³-hybridized carbons (Fsp3) is 0.444. The van der Waals surface area contributed by atoms with E-state index in [1.807, 2.05) is 12.1 Å². The van der Waals surface area contributed by atoms with E-state index in [0.717, 1.165) is 11.1 Å². The molecule has 0 bridgehead atoms. The third-order valence-corrected chi connectivity index (χ3v) is 6.24. The van der Waals surface area contributed by atoms with E-state index in [9.17, 15) is 4.79 Å². The maximum absolute atomic E-state index is 11.8. The van der Waals surface area contributed by atoms with E-state index in [2.05, 4.69) is 69.7 Å². The van der Waals surface area contributed by atoms with E-state index in [-0.39, 0.29) is 11.4 Å². The molecule has 0 N–H and O–H groups in total. The molecule has 0 heterocycles. The van der Waals surface area contributed by atoms with E-state index in [1.54, 1.807) is 19.1 Å². The number of esters is 1. The second-order valence-corrected chi connectivity index (χ2v) is 9.05. The van der Waals surface area contributed by atoms with Crippen LogP contribution in [0.25, 0.3) is 0 Å². The highest BCUT2D eigenvalue weighted by atomic mass is 16.5. The molecule has 1 aliphatic carbocycles. The topological polar surface area (TPSA) is 29.5 Å². The number of hydrogen-bond donors (Lipinski definition) is 0. The molecule has 0 spiro atoms. The zero-order valence-electron chi connectivity index (χ0n) is 19.1. The van der Waals surface area contributed by atoms with Crippen molar-refractivity contribution in [3.05, 3.63) is 70.3 Å². The summed E-state index contributed by atoms with van der Waals surface area (Å²) in [6.07, 6.45) is 2.36. The highest BCUT2D eigenvalue weighted by Crippen LogP contribution is 2.44. The Morgan fingerprint density at radius 1 is 1.13 bits per heavy atom. The normalized spacial score (nSPS) is 17.3. The van der Waals surface area contributed by atoms with Crippen LogP contribution in [0.5, 0.6) is 0 Å². The number of ether oxygens (including phenoxy) is 1. The molecule has 2 aromatic carbocycles. The van der Waals surface area contributed by atoms with Crippen molar-refractivity contribution in [2.45, 2.75) is 65.0 Å². The largest absolute Gasteiger partial charge is 0.462 e. The summed E-state index contributed by atoms with van der Waals surface area (Å²) in [5, 5.41) is 0. The molecule has 158 valence electrons. The molecular formula is C27H33NO2. The van der Waals surface area contributed by atoms with Gasteiger partial charge in [0.15, 0.2) is 0 Å². The number of fused-ring (bicyclic) bond motifs is 1. The van der Waals surface area contributed by atoms with Crippen LogP contribution in [0, 0.1) is 11.8 Å². The summed E-state index contributed by atoms with van der Waals surface area (Å²) in [7, 11) is 2.23. The van der Waals surface area contributed by atoms with Crippen molar-refractivity contribution in [1.29, 1.82) is 0 Å². The van der Waals surface area contributed by atoms with Gasteiger partial charge in [0.25, 0.3) is 0 Å². The van der Waals surface area contributed by atoms with Crippen molar-refractivity contribution in [2.24, 2.45) is 0 Å². The Morgan fingerprint density at radius 3 is 2.40 bits per heavy atom. The van der Waals surface area contributed by atoms with E-state index in [0.29, 0.717) is 24.3 Å². The van der Waals surface area contributed by atoms with Gasteiger partial charge in [-0.2, -0.15) is 0 Å². The fourth-order valence-electron chi connectivity index (χ4n) is 4.13. The van der Waals surface area contributed by atoms with Crippen LogP contribution in [0.3, 0.4) is 0 Å². The summed E-state index contributed by atoms with van der Waals surface area (Å²) in [5.41, 5.74) is 5.48. The average molecular weight is 404 g/mol. The predicted octanol–water partition coefficient (Wildman–Crippen LogP) is 5.72. The van der Waals surface area contributed by atoms with Gasteiger partial charge in [-0.3, -0.25) is 4.90 Å². The second kappa shape index (κ2) is 9.06. The van der Waals surface area contributed by atoms with Crippen LogP contribution in [0.1, 0.15) is 86.1 Å². The smallest absolute Gasteiger partial charge is 0.338 e. The first-order chi connectivity index (χ1) is 14.2. The second-order valence-electron chi connectivity index (χ2n) is 9.05. The van der Waals surface area contributed by atoms with Gasteiger partial charge in [0.2, 0.25) is 0 Å².